The summed E-state index contributed by atoms with van der Waals surface area (Å²) in [7, 11) is 1.73. The SMILES string of the molecule is COCCN1CC[C@H](CNC(=O)CCOc2ccc(C)c(C)c2)C1. The minimum Gasteiger partial charge on any atom is -0.493 e. The Morgan fingerprint density at radius 1 is 1.29 bits per heavy atom. The first-order chi connectivity index (χ1) is 11.6. The molecule has 0 unspecified atom stereocenters. The number of benzene rings is 1. The Labute approximate surface area is 145 Å². The van der Waals surface area contributed by atoms with E-state index in [1.54, 1.807) is 7.11 Å². The van der Waals surface area contributed by atoms with Gasteiger partial charge in [0.25, 0.3) is 0 Å². The Hall–Kier alpha value is -1.59. The van der Waals surface area contributed by atoms with Gasteiger partial charge in [0.05, 0.1) is 19.6 Å². The molecule has 0 saturated carbocycles. The first-order valence-corrected chi connectivity index (χ1v) is 8.76. The zero-order valence-electron chi connectivity index (χ0n) is 15.1. The lowest BCUT2D eigenvalue weighted by Crippen LogP contribution is -2.32. The van der Waals surface area contributed by atoms with Gasteiger partial charge in [-0.1, -0.05) is 6.07 Å². The molecule has 0 aliphatic carbocycles. The number of rotatable bonds is 9. The molecule has 0 aromatic heterocycles. The molecule has 1 aromatic rings. The average molecular weight is 334 g/mol. The third-order valence-corrected chi connectivity index (χ3v) is 4.65. The molecule has 1 heterocycles. The number of amides is 1. The van der Waals surface area contributed by atoms with Crippen molar-refractivity contribution < 1.29 is 14.3 Å². The standard InChI is InChI=1S/C19H30N2O3/c1-15-4-5-18(12-16(15)2)24-10-7-19(22)20-13-17-6-8-21(14-17)9-11-23-3/h4-5,12,17H,6-11,13-14H2,1-3H3,(H,20,22)/t17-/m1/s1. The molecule has 1 fully saturated rings. The monoisotopic (exact) mass is 334 g/mol. The number of methoxy groups -OCH3 is 1. The zero-order chi connectivity index (χ0) is 17.4. The number of likely N-dealkylation sites (tertiary alicyclic amines) is 1. The molecular formula is C19H30N2O3. The highest BCUT2D eigenvalue weighted by atomic mass is 16.5. The number of hydrogen-bond acceptors (Lipinski definition) is 4. The first kappa shape index (κ1) is 18.7. The summed E-state index contributed by atoms with van der Waals surface area (Å²) >= 11 is 0. The third kappa shape index (κ3) is 6.13. The van der Waals surface area contributed by atoms with Gasteiger partial charge in [-0.3, -0.25) is 4.79 Å². The lowest BCUT2D eigenvalue weighted by Gasteiger charge is -2.15. The molecule has 1 N–H and O–H groups in total. The van der Waals surface area contributed by atoms with Crippen molar-refractivity contribution in [2.24, 2.45) is 5.92 Å². The predicted molar refractivity (Wildman–Crippen MR) is 95.5 cm³/mol. The Morgan fingerprint density at radius 2 is 2.12 bits per heavy atom. The molecule has 1 amide bonds. The molecule has 24 heavy (non-hydrogen) atoms. The van der Waals surface area contributed by atoms with Crippen LogP contribution in [-0.4, -0.2) is 57.3 Å². The van der Waals surface area contributed by atoms with E-state index in [0.29, 0.717) is 18.9 Å². The summed E-state index contributed by atoms with van der Waals surface area (Å²) in [5.41, 5.74) is 2.45. The number of carbonyl (C=O) groups is 1. The normalized spacial score (nSPS) is 17.9. The molecule has 1 aliphatic heterocycles. The van der Waals surface area contributed by atoms with Gasteiger partial charge in [0.2, 0.25) is 5.91 Å². The van der Waals surface area contributed by atoms with Crippen LogP contribution in [0.2, 0.25) is 0 Å². The second-order valence-electron chi connectivity index (χ2n) is 6.60. The lowest BCUT2D eigenvalue weighted by molar-refractivity contribution is -0.121. The van der Waals surface area contributed by atoms with Crippen molar-refractivity contribution in [2.75, 3.05) is 46.5 Å². The van der Waals surface area contributed by atoms with Crippen molar-refractivity contribution in [2.45, 2.75) is 26.7 Å². The molecule has 134 valence electrons. The number of hydrogen-bond donors (Lipinski definition) is 1. The van der Waals surface area contributed by atoms with E-state index in [4.69, 9.17) is 9.47 Å². The topological polar surface area (TPSA) is 50.8 Å². The fourth-order valence-corrected chi connectivity index (χ4v) is 2.91. The van der Waals surface area contributed by atoms with Crippen LogP contribution in [0.15, 0.2) is 18.2 Å². The van der Waals surface area contributed by atoms with E-state index in [9.17, 15) is 4.79 Å². The van der Waals surface area contributed by atoms with E-state index < -0.39 is 0 Å². The van der Waals surface area contributed by atoms with Crippen molar-refractivity contribution in [1.29, 1.82) is 0 Å². The van der Waals surface area contributed by atoms with Gasteiger partial charge < -0.3 is 19.7 Å². The van der Waals surface area contributed by atoms with Crippen molar-refractivity contribution in [3.05, 3.63) is 29.3 Å². The Bertz CT molecular complexity index is 533. The maximum atomic E-state index is 11.9. The molecule has 5 heteroatoms. The van der Waals surface area contributed by atoms with Crippen LogP contribution < -0.4 is 10.1 Å². The van der Waals surface area contributed by atoms with Crippen molar-refractivity contribution in [3.8, 4) is 5.75 Å². The van der Waals surface area contributed by atoms with Gasteiger partial charge in [-0.25, -0.2) is 0 Å². The van der Waals surface area contributed by atoms with E-state index in [1.165, 1.54) is 11.1 Å². The minimum atomic E-state index is 0.0641. The number of nitrogens with one attached hydrogen (secondary N) is 1. The van der Waals surface area contributed by atoms with E-state index in [1.807, 2.05) is 18.2 Å². The summed E-state index contributed by atoms with van der Waals surface area (Å²) in [4.78, 5) is 14.3. The number of carbonyl (C=O) groups excluding carboxylic acids is 1. The molecule has 2 rings (SSSR count). The highest BCUT2D eigenvalue weighted by Crippen LogP contribution is 2.17. The molecule has 1 aliphatic rings. The first-order valence-electron chi connectivity index (χ1n) is 8.76. The zero-order valence-corrected chi connectivity index (χ0v) is 15.1. The summed E-state index contributed by atoms with van der Waals surface area (Å²) in [6, 6.07) is 6.01. The molecule has 0 bridgehead atoms. The summed E-state index contributed by atoms with van der Waals surface area (Å²) in [6.07, 6.45) is 1.54. The van der Waals surface area contributed by atoms with Crippen LogP contribution in [0.4, 0.5) is 0 Å². The van der Waals surface area contributed by atoms with E-state index in [2.05, 4.69) is 24.1 Å². The maximum Gasteiger partial charge on any atom is 0.223 e. The second kappa shape index (κ2) is 9.64. The largest absolute Gasteiger partial charge is 0.493 e. The molecular weight excluding hydrogens is 304 g/mol. The van der Waals surface area contributed by atoms with Gasteiger partial charge in [-0.15, -0.1) is 0 Å². The molecule has 1 saturated heterocycles. The van der Waals surface area contributed by atoms with Gasteiger partial charge in [0, 0.05) is 26.7 Å². The molecule has 1 aromatic carbocycles. The number of ether oxygens (including phenoxy) is 2. The quantitative estimate of drug-likeness (QED) is 0.752. The lowest BCUT2D eigenvalue weighted by atomic mass is 10.1. The summed E-state index contributed by atoms with van der Waals surface area (Å²) in [5, 5.41) is 3.03. The molecule has 0 spiro atoms. The number of aryl methyl sites for hydroxylation is 2. The molecule has 1 atom stereocenters. The Balaban J connectivity index is 1.59. The van der Waals surface area contributed by atoms with Gasteiger partial charge in [-0.05, 0) is 56.0 Å². The fourth-order valence-electron chi connectivity index (χ4n) is 2.91. The highest BCUT2D eigenvalue weighted by Gasteiger charge is 2.22. The summed E-state index contributed by atoms with van der Waals surface area (Å²) in [6.45, 7) is 9.20. The van der Waals surface area contributed by atoms with Gasteiger partial charge in [0.1, 0.15) is 5.75 Å². The average Bonchev–Trinajstić information content (AvgIpc) is 3.02. The van der Waals surface area contributed by atoms with Crippen molar-refractivity contribution >= 4 is 5.91 Å². The van der Waals surface area contributed by atoms with Gasteiger partial charge in [-0.2, -0.15) is 0 Å². The number of nitrogens with zero attached hydrogens (tertiary/aromatic N) is 1. The van der Waals surface area contributed by atoms with E-state index in [-0.39, 0.29) is 5.91 Å². The van der Waals surface area contributed by atoms with Crippen LogP contribution in [0.5, 0.6) is 5.75 Å². The van der Waals surface area contributed by atoms with Crippen LogP contribution in [0.25, 0.3) is 0 Å². The fraction of sp³-hybridized carbons (Fsp3) is 0.632. The molecule has 5 nitrogen and oxygen atoms in total. The Morgan fingerprint density at radius 3 is 2.88 bits per heavy atom. The molecule has 0 radical (unpaired) electrons. The maximum absolute atomic E-state index is 11.9. The van der Waals surface area contributed by atoms with Crippen LogP contribution in [0.3, 0.4) is 0 Å². The Kier molecular flexibility index (Phi) is 7.53. The third-order valence-electron chi connectivity index (χ3n) is 4.65. The van der Waals surface area contributed by atoms with Crippen LogP contribution in [-0.2, 0) is 9.53 Å². The van der Waals surface area contributed by atoms with E-state index >= 15 is 0 Å². The smallest absolute Gasteiger partial charge is 0.223 e. The second-order valence-corrected chi connectivity index (χ2v) is 6.60. The van der Waals surface area contributed by atoms with Crippen LogP contribution in [0, 0.1) is 19.8 Å². The highest BCUT2D eigenvalue weighted by molar-refractivity contribution is 5.76. The minimum absolute atomic E-state index is 0.0641. The summed E-state index contributed by atoms with van der Waals surface area (Å²) in [5.74, 6) is 1.44. The summed E-state index contributed by atoms with van der Waals surface area (Å²) < 4.78 is 10.8. The van der Waals surface area contributed by atoms with Crippen molar-refractivity contribution in [1.82, 2.24) is 10.2 Å². The van der Waals surface area contributed by atoms with Gasteiger partial charge in [0.15, 0.2) is 0 Å². The van der Waals surface area contributed by atoms with Crippen LogP contribution in [0.1, 0.15) is 24.0 Å². The van der Waals surface area contributed by atoms with Crippen LogP contribution >= 0.6 is 0 Å². The van der Waals surface area contributed by atoms with Gasteiger partial charge >= 0.3 is 0 Å². The van der Waals surface area contributed by atoms with Crippen molar-refractivity contribution in [3.63, 3.8) is 0 Å². The predicted octanol–water partition coefficient (Wildman–Crippen LogP) is 2.16. The van der Waals surface area contributed by atoms with E-state index in [0.717, 1.165) is 45.0 Å².